The number of ether oxygens (including phenoxy) is 2. The first-order chi connectivity index (χ1) is 10.3. The van der Waals surface area contributed by atoms with Crippen molar-refractivity contribution in [1.29, 1.82) is 0 Å². The highest BCUT2D eigenvalue weighted by Crippen LogP contribution is 2.47. The van der Waals surface area contributed by atoms with Crippen molar-refractivity contribution >= 4 is 0 Å². The van der Waals surface area contributed by atoms with E-state index >= 15 is 0 Å². The van der Waals surface area contributed by atoms with E-state index in [1.807, 2.05) is 0 Å². The van der Waals surface area contributed by atoms with Gasteiger partial charge in [0.15, 0.2) is 0 Å². The molecule has 0 bridgehead atoms. The molecule has 0 N–H and O–H groups in total. The van der Waals surface area contributed by atoms with Gasteiger partial charge in [0.2, 0.25) is 0 Å². The highest BCUT2D eigenvalue weighted by molar-refractivity contribution is 4.96. The lowest BCUT2D eigenvalue weighted by Crippen LogP contribution is -2.26. The predicted octanol–water partition coefficient (Wildman–Crippen LogP) is 4.71. The third kappa shape index (κ3) is 3.47. The molecule has 7 unspecified atom stereocenters. The molecule has 0 aromatic heterocycles. The normalized spacial score (nSPS) is 45.6. The van der Waals surface area contributed by atoms with Crippen LogP contribution in [-0.2, 0) is 9.47 Å². The summed E-state index contributed by atoms with van der Waals surface area (Å²) < 4.78 is 11.5. The average Bonchev–Trinajstić information content (AvgIpc) is 3.39. The van der Waals surface area contributed by atoms with Gasteiger partial charge < -0.3 is 9.47 Å². The summed E-state index contributed by atoms with van der Waals surface area (Å²) in [7, 11) is 0. The van der Waals surface area contributed by atoms with Crippen molar-refractivity contribution in [2.45, 2.75) is 102 Å². The van der Waals surface area contributed by atoms with Crippen LogP contribution in [0.3, 0.4) is 0 Å². The van der Waals surface area contributed by atoms with Gasteiger partial charge in [-0.3, -0.25) is 0 Å². The van der Waals surface area contributed by atoms with E-state index in [4.69, 9.17) is 9.47 Å². The minimum Gasteiger partial charge on any atom is -0.370 e. The third-order valence-electron chi connectivity index (χ3n) is 6.64. The van der Waals surface area contributed by atoms with E-state index in [-0.39, 0.29) is 0 Å². The smallest absolute Gasteiger partial charge is 0.0844 e. The van der Waals surface area contributed by atoms with Crippen molar-refractivity contribution in [2.24, 2.45) is 17.8 Å². The Balaban J connectivity index is 1.31. The standard InChI is InChI=1S/C19H32O2/c1-2-3-4-5-14(15-7-9-17-19(12-15)21-17)10-13-6-8-16-18(11-13)20-16/h13-19H,2-12H2,1H3. The number of rotatable bonds is 7. The van der Waals surface area contributed by atoms with Gasteiger partial charge in [-0.25, -0.2) is 0 Å². The van der Waals surface area contributed by atoms with Crippen LogP contribution in [0.2, 0.25) is 0 Å². The number of hydrogen-bond acceptors (Lipinski definition) is 2. The van der Waals surface area contributed by atoms with Crippen LogP contribution in [0.4, 0.5) is 0 Å². The first kappa shape index (κ1) is 14.5. The van der Waals surface area contributed by atoms with Crippen molar-refractivity contribution in [2.75, 3.05) is 0 Å². The monoisotopic (exact) mass is 292 g/mol. The maximum atomic E-state index is 5.78. The fourth-order valence-electron chi connectivity index (χ4n) is 5.19. The Labute approximate surface area is 130 Å². The van der Waals surface area contributed by atoms with Crippen LogP contribution in [0.5, 0.6) is 0 Å². The molecule has 0 aromatic rings. The van der Waals surface area contributed by atoms with Crippen molar-refractivity contribution in [3.8, 4) is 0 Å². The average molecular weight is 292 g/mol. The zero-order valence-corrected chi connectivity index (χ0v) is 13.6. The minimum atomic E-state index is 0.653. The summed E-state index contributed by atoms with van der Waals surface area (Å²) >= 11 is 0. The lowest BCUT2D eigenvalue weighted by molar-refractivity contribution is 0.189. The molecule has 4 aliphatic rings. The molecule has 0 spiro atoms. The second-order valence-corrected chi connectivity index (χ2v) is 8.17. The molecule has 0 aromatic carbocycles. The van der Waals surface area contributed by atoms with E-state index < -0.39 is 0 Å². The molecule has 2 saturated carbocycles. The van der Waals surface area contributed by atoms with E-state index in [1.165, 1.54) is 70.6 Å². The molecule has 0 radical (unpaired) electrons. The number of hydrogen-bond donors (Lipinski definition) is 0. The molecule has 0 amide bonds. The summed E-state index contributed by atoms with van der Waals surface area (Å²) in [6, 6.07) is 0. The highest BCUT2D eigenvalue weighted by Gasteiger charge is 2.47. The first-order valence-corrected chi connectivity index (χ1v) is 9.64. The Morgan fingerprint density at radius 2 is 1.62 bits per heavy atom. The molecule has 2 saturated heterocycles. The summed E-state index contributed by atoms with van der Waals surface area (Å²) in [5, 5.41) is 0. The van der Waals surface area contributed by atoms with E-state index in [0.717, 1.165) is 17.8 Å². The van der Waals surface area contributed by atoms with E-state index in [2.05, 4.69) is 6.92 Å². The first-order valence-electron chi connectivity index (χ1n) is 9.64. The molecule has 7 atom stereocenters. The quantitative estimate of drug-likeness (QED) is 0.501. The van der Waals surface area contributed by atoms with Crippen molar-refractivity contribution in [3.05, 3.63) is 0 Å². The summed E-state index contributed by atoms with van der Waals surface area (Å²) in [6.45, 7) is 2.32. The summed E-state index contributed by atoms with van der Waals surface area (Å²) in [5.74, 6) is 2.89. The molecule has 2 aliphatic heterocycles. The topological polar surface area (TPSA) is 25.1 Å². The van der Waals surface area contributed by atoms with Gasteiger partial charge in [0.25, 0.3) is 0 Å². The van der Waals surface area contributed by atoms with Crippen LogP contribution in [0.1, 0.15) is 77.6 Å². The zero-order chi connectivity index (χ0) is 14.2. The Morgan fingerprint density at radius 1 is 0.857 bits per heavy atom. The Hall–Kier alpha value is -0.0800. The van der Waals surface area contributed by atoms with Gasteiger partial charge in [-0.2, -0.15) is 0 Å². The van der Waals surface area contributed by atoms with E-state index in [9.17, 15) is 0 Å². The maximum absolute atomic E-state index is 5.78. The van der Waals surface area contributed by atoms with Crippen LogP contribution in [-0.4, -0.2) is 24.4 Å². The van der Waals surface area contributed by atoms with Crippen LogP contribution >= 0.6 is 0 Å². The molecule has 4 fully saturated rings. The second kappa shape index (κ2) is 6.20. The molecule has 2 nitrogen and oxygen atoms in total. The van der Waals surface area contributed by atoms with Gasteiger partial charge in [-0.15, -0.1) is 0 Å². The van der Waals surface area contributed by atoms with Gasteiger partial charge in [0, 0.05) is 0 Å². The number of fused-ring (bicyclic) bond motifs is 2. The molecular formula is C19H32O2. The van der Waals surface area contributed by atoms with Crippen LogP contribution in [0.15, 0.2) is 0 Å². The fraction of sp³-hybridized carbons (Fsp3) is 1.00. The minimum absolute atomic E-state index is 0.653. The van der Waals surface area contributed by atoms with E-state index in [1.54, 1.807) is 0 Å². The van der Waals surface area contributed by atoms with Crippen molar-refractivity contribution < 1.29 is 9.47 Å². The molecule has 2 aliphatic carbocycles. The molecule has 2 heteroatoms. The van der Waals surface area contributed by atoms with Gasteiger partial charge in [-0.05, 0) is 62.7 Å². The van der Waals surface area contributed by atoms with Gasteiger partial charge in [-0.1, -0.05) is 32.6 Å². The van der Waals surface area contributed by atoms with E-state index in [0.29, 0.717) is 24.4 Å². The summed E-state index contributed by atoms with van der Waals surface area (Å²) in [4.78, 5) is 0. The highest BCUT2D eigenvalue weighted by atomic mass is 16.6. The molecule has 21 heavy (non-hydrogen) atoms. The van der Waals surface area contributed by atoms with Crippen LogP contribution in [0, 0.1) is 17.8 Å². The second-order valence-electron chi connectivity index (χ2n) is 8.17. The Bertz CT molecular complexity index is 355. The third-order valence-corrected chi connectivity index (χ3v) is 6.64. The van der Waals surface area contributed by atoms with Gasteiger partial charge in [0.1, 0.15) is 0 Å². The molecular weight excluding hydrogens is 260 g/mol. The molecule has 4 rings (SSSR count). The SMILES string of the molecule is CCCCCC(CC1CCC2OC2C1)C1CCC2OC2C1. The largest absolute Gasteiger partial charge is 0.370 e. The summed E-state index contributed by atoms with van der Waals surface area (Å²) in [5.41, 5.74) is 0. The number of epoxide rings is 2. The molecule has 2 heterocycles. The predicted molar refractivity (Wildman–Crippen MR) is 84.3 cm³/mol. The fourth-order valence-corrected chi connectivity index (χ4v) is 5.19. The van der Waals surface area contributed by atoms with Gasteiger partial charge >= 0.3 is 0 Å². The Kier molecular flexibility index (Phi) is 4.28. The Morgan fingerprint density at radius 3 is 2.33 bits per heavy atom. The zero-order valence-electron chi connectivity index (χ0n) is 13.6. The molecule has 120 valence electrons. The van der Waals surface area contributed by atoms with Crippen LogP contribution in [0.25, 0.3) is 0 Å². The maximum Gasteiger partial charge on any atom is 0.0844 e. The number of unbranched alkanes of at least 4 members (excludes halogenated alkanes) is 2. The van der Waals surface area contributed by atoms with Crippen molar-refractivity contribution in [3.63, 3.8) is 0 Å². The lowest BCUT2D eigenvalue weighted by Gasteiger charge is -2.32. The van der Waals surface area contributed by atoms with Gasteiger partial charge in [0.05, 0.1) is 24.4 Å². The van der Waals surface area contributed by atoms with Crippen molar-refractivity contribution in [1.82, 2.24) is 0 Å². The lowest BCUT2D eigenvalue weighted by atomic mass is 9.72. The van der Waals surface area contributed by atoms with Crippen LogP contribution < -0.4 is 0 Å². The summed E-state index contributed by atoms with van der Waals surface area (Å²) in [6.07, 6.45) is 18.1.